The minimum Gasteiger partial charge on any atom is -0.493 e. The third kappa shape index (κ3) is 7.48. The third-order valence-electron chi connectivity index (χ3n) is 7.87. The molecule has 216 valence electrons. The van der Waals surface area contributed by atoms with Crippen LogP contribution in [0.1, 0.15) is 59.4 Å². The number of ether oxygens (including phenoxy) is 2. The molecule has 1 aliphatic rings. The standard InChI is InChI=1S/C30H44ClNO6Si/c1-20(2)39(21(3)4,22(5)6)38-28-19-32(30(34)35)18-26(33)29(28)23-12-14-24(15-13-23)36-16-9-17-37-27-11-8-7-10-25(27)31/h7-8,10-15,20-22,26,28-29,33H,9,16-19H2,1-6H3,(H,34,35). The lowest BCUT2D eigenvalue weighted by atomic mass is 9.85. The first kappa shape index (κ1) is 31.3. The number of nitrogens with zero attached hydrogens (tertiary/aromatic N) is 1. The highest BCUT2D eigenvalue weighted by atomic mass is 35.5. The first-order valence-corrected chi connectivity index (χ1v) is 16.4. The lowest BCUT2D eigenvalue weighted by Gasteiger charge is -2.49. The molecule has 2 aromatic rings. The van der Waals surface area contributed by atoms with Crippen molar-refractivity contribution in [2.45, 2.75) is 82.7 Å². The summed E-state index contributed by atoms with van der Waals surface area (Å²) in [5.41, 5.74) is 1.95. The number of carboxylic acid groups (broad SMARTS) is 1. The molecule has 0 radical (unpaired) electrons. The molecule has 1 aliphatic heterocycles. The number of rotatable bonds is 12. The van der Waals surface area contributed by atoms with Gasteiger partial charge in [-0.2, -0.15) is 0 Å². The van der Waals surface area contributed by atoms with Gasteiger partial charge in [-0.05, 0) is 46.5 Å². The van der Waals surface area contributed by atoms with Crippen LogP contribution in [0.15, 0.2) is 48.5 Å². The Balaban J connectivity index is 1.71. The van der Waals surface area contributed by atoms with Crippen LogP contribution < -0.4 is 9.47 Å². The highest BCUT2D eigenvalue weighted by molar-refractivity contribution is 6.77. The van der Waals surface area contributed by atoms with E-state index < -0.39 is 26.6 Å². The Kier molecular flexibility index (Phi) is 11.1. The number of aliphatic hydroxyl groups excluding tert-OH is 1. The predicted molar refractivity (Wildman–Crippen MR) is 158 cm³/mol. The van der Waals surface area contributed by atoms with Gasteiger partial charge in [0, 0.05) is 18.9 Å². The fraction of sp³-hybridized carbons (Fsp3) is 0.567. The van der Waals surface area contributed by atoms with Crippen LogP contribution in [0.25, 0.3) is 0 Å². The molecule has 0 aromatic heterocycles. The number of piperidine rings is 1. The molecule has 1 saturated heterocycles. The maximum atomic E-state index is 11.9. The number of amides is 1. The number of halogens is 1. The molecule has 2 N–H and O–H groups in total. The number of benzene rings is 2. The van der Waals surface area contributed by atoms with Gasteiger partial charge in [-0.3, -0.25) is 0 Å². The van der Waals surface area contributed by atoms with Gasteiger partial charge in [-0.25, -0.2) is 4.79 Å². The summed E-state index contributed by atoms with van der Waals surface area (Å²) in [5, 5.41) is 21.5. The average molecular weight is 578 g/mol. The molecule has 1 amide bonds. The fourth-order valence-corrected chi connectivity index (χ4v) is 11.9. The lowest BCUT2D eigenvalue weighted by molar-refractivity contribution is -0.0190. The van der Waals surface area contributed by atoms with E-state index >= 15 is 0 Å². The van der Waals surface area contributed by atoms with Crippen molar-refractivity contribution in [3.63, 3.8) is 0 Å². The SMILES string of the molecule is CC(C)[Si](OC1CN(C(=O)O)CC(O)C1c1ccc(OCCCOc2ccccc2Cl)cc1)(C(C)C)C(C)C. The van der Waals surface area contributed by atoms with Crippen molar-refractivity contribution in [1.82, 2.24) is 4.90 Å². The van der Waals surface area contributed by atoms with Gasteiger partial charge in [0.2, 0.25) is 8.32 Å². The van der Waals surface area contributed by atoms with Crippen LogP contribution in [0.5, 0.6) is 11.5 Å². The van der Waals surface area contributed by atoms with Crippen molar-refractivity contribution in [1.29, 1.82) is 0 Å². The van der Waals surface area contributed by atoms with Crippen LogP contribution >= 0.6 is 11.6 Å². The Bertz CT molecular complexity index is 1040. The summed E-state index contributed by atoms with van der Waals surface area (Å²) in [7, 11) is -2.32. The molecule has 39 heavy (non-hydrogen) atoms. The quantitative estimate of drug-likeness (QED) is 0.205. The van der Waals surface area contributed by atoms with Gasteiger partial charge in [-0.1, -0.05) is 77.4 Å². The van der Waals surface area contributed by atoms with Crippen molar-refractivity contribution in [2.24, 2.45) is 0 Å². The largest absolute Gasteiger partial charge is 0.493 e. The third-order valence-corrected chi connectivity index (χ3v) is 14.3. The molecule has 2 aromatic carbocycles. The smallest absolute Gasteiger partial charge is 0.407 e. The molecule has 0 bridgehead atoms. The molecule has 1 heterocycles. The highest BCUT2D eigenvalue weighted by Crippen LogP contribution is 2.45. The number of aliphatic hydroxyl groups is 1. The van der Waals surface area contributed by atoms with E-state index in [0.717, 1.165) is 11.3 Å². The van der Waals surface area contributed by atoms with E-state index in [1.165, 1.54) is 4.90 Å². The van der Waals surface area contributed by atoms with E-state index in [2.05, 4.69) is 41.5 Å². The summed E-state index contributed by atoms with van der Waals surface area (Å²) in [6.07, 6.45) is -1.64. The number of hydrogen-bond donors (Lipinski definition) is 2. The molecular weight excluding hydrogens is 534 g/mol. The summed E-state index contributed by atoms with van der Waals surface area (Å²) in [6.45, 7) is 14.5. The Hall–Kier alpha value is -2.26. The average Bonchev–Trinajstić information content (AvgIpc) is 2.87. The summed E-state index contributed by atoms with van der Waals surface area (Å²) in [6, 6.07) is 15.1. The van der Waals surface area contributed by atoms with Gasteiger partial charge in [-0.15, -0.1) is 0 Å². The number of carbonyl (C=O) groups is 1. The minimum absolute atomic E-state index is 0.0587. The van der Waals surface area contributed by atoms with Crippen molar-refractivity contribution in [2.75, 3.05) is 26.3 Å². The zero-order valence-electron chi connectivity index (χ0n) is 24.0. The molecule has 7 nitrogen and oxygen atoms in total. The number of likely N-dealkylation sites (tertiary alicyclic amines) is 1. The molecule has 3 unspecified atom stereocenters. The second-order valence-electron chi connectivity index (χ2n) is 11.3. The van der Waals surface area contributed by atoms with Crippen molar-refractivity contribution in [3.8, 4) is 11.5 Å². The highest BCUT2D eigenvalue weighted by Gasteiger charge is 2.50. The molecular formula is C30H44ClNO6Si. The van der Waals surface area contributed by atoms with Crippen LogP contribution in [0.4, 0.5) is 4.79 Å². The normalized spacial score (nSPS) is 20.1. The summed E-state index contributed by atoms with van der Waals surface area (Å²) in [4.78, 5) is 13.2. The van der Waals surface area contributed by atoms with Crippen LogP contribution in [0.2, 0.25) is 21.6 Å². The first-order valence-electron chi connectivity index (χ1n) is 13.9. The molecule has 0 aliphatic carbocycles. The van der Waals surface area contributed by atoms with Crippen LogP contribution in [0.3, 0.4) is 0 Å². The van der Waals surface area contributed by atoms with Crippen molar-refractivity contribution in [3.05, 3.63) is 59.1 Å². The summed E-state index contributed by atoms with van der Waals surface area (Å²) < 4.78 is 18.7. The Morgan fingerprint density at radius 2 is 1.54 bits per heavy atom. The van der Waals surface area contributed by atoms with Crippen LogP contribution in [-0.2, 0) is 4.43 Å². The van der Waals surface area contributed by atoms with Gasteiger partial charge in [0.1, 0.15) is 11.5 Å². The van der Waals surface area contributed by atoms with Gasteiger partial charge >= 0.3 is 6.09 Å². The molecule has 0 saturated carbocycles. The Morgan fingerprint density at radius 1 is 0.949 bits per heavy atom. The van der Waals surface area contributed by atoms with Gasteiger partial charge < -0.3 is 29.0 Å². The summed E-state index contributed by atoms with van der Waals surface area (Å²) in [5.74, 6) is 1.05. The van der Waals surface area contributed by atoms with E-state index in [-0.39, 0.29) is 19.0 Å². The van der Waals surface area contributed by atoms with E-state index in [1.54, 1.807) is 6.07 Å². The minimum atomic E-state index is -2.32. The maximum absolute atomic E-state index is 11.9. The van der Waals surface area contributed by atoms with Gasteiger partial charge in [0.25, 0.3) is 0 Å². The van der Waals surface area contributed by atoms with E-state index in [4.69, 9.17) is 25.5 Å². The second kappa shape index (κ2) is 13.9. The number of para-hydroxylation sites is 1. The zero-order chi connectivity index (χ0) is 28.7. The summed E-state index contributed by atoms with van der Waals surface area (Å²) >= 11 is 6.12. The lowest BCUT2D eigenvalue weighted by Crippen LogP contribution is -2.59. The Morgan fingerprint density at radius 3 is 2.10 bits per heavy atom. The fourth-order valence-electron chi connectivity index (χ4n) is 6.15. The monoisotopic (exact) mass is 577 g/mol. The Labute approximate surface area is 239 Å². The molecule has 3 atom stereocenters. The number of β-amino-alcohol motifs (C(OH)–C–C–N with tert-alkyl or cyclic N) is 1. The van der Waals surface area contributed by atoms with E-state index in [1.807, 2.05) is 42.5 Å². The maximum Gasteiger partial charge on any atom is 0.407 e. The molecule has 9 heteroatoms. The first-order chi connectivity index (χ1) is 18.5. The van der Waals surface area contributed by atoms with Crippen molar-refractivity contribution >= 4 is 26.0 Å². The number of hydrogen-bond acceptors (Lipinski definition) is 5. The van der Waals surface area contributed by atoms with E-state index in [9.17, 15) is 15.0 Å². The van der Waals surface area contributed by atoms with Gasteiger partial charge in [0.15, 0.2) is 0 Å². The molecule has 1 fully saturated rings. The second-order valence-corrected chi connectivity index (χ2v) is 17.1. The zero-order valence-corrected chi connectivity index (χ0v) is 25.7. The molecule has 3 rings (SSSR count). The van der Waals surface area contributed by atoms with E-state index in [0.29, 0.717) is 47.0 Å². The predicted octanol–water partition coefficient (Wildman–Crippen LogP) is 7.19. The van der Waals surface area contributed by atoms with Crippen LogP contribution in [0, 0.1) is 0 Å². The van der Waals surface area contributed by atoms with Crippen molar-refractivity contribution < 1.29 is 28.9 Å². The molecule has 0 spiro atoms. The van der Waals surface area contributed by atoms with Gasteiger partial charge in [0.05, 0.1) is 37.0 Å². The topological polar surface area (TPSA) is 88.5 Å². The van der Waals surface area contributed by atoms with Crippen LogP contribution in [-0.4, -0.2) is 68.0 Å².